The summed E-state index contributed by atoms with van der Waals surface area (Å²) in [7, 11) is 1.38. The minimum atomic E-state index is -2.92. The molecule has 21 heavy (non-hydrogen) atoms. The van der Waals surface area contributed by atoms with Gasteiger partial charge in [-0.15, -0.1) is 0 Å². The normalized spacial score (nSPS) is 10.5. The highest BCUT2D eigenvalue weighted by atomic mass is 19.3. The Labute approximate surface area is 120 Å². The van der Waals surface area contributed by atoms with Crippen LogP contribution in [0.2, 0.25) is 0 Å². The molecule has 1 N–H and O–H groups in total. The number of rotatable bonds is 6. The maximum Gasteiger partial charge on any atom is 0.387 e. The number of nitrogens with one attached hydrogen (secondary N) is 1. The molecule has 0 aliphatic carbocycles. The van der Waals surface area contributed by atoms with Crippen molar-refractivity contribution in [1.82, 2.24) is 0 Å². The number of hydrogen-bond acceptors (Lipinski definition) is 3. The van der Waals surface area contributed by atoms with Crippen LogP contribution in [0.5, 0.6) is 11.5 Å². The van der Waals surface area contributed by atoms with E-state index in [1.54, 1.807) is 30.3 Å². The molecule has 3 nitrogen and oxygen atoms in total. The highest BCUT2D eigenvalue weighted by Crippen LogP contribution is 2.27. The Morgan fingerprint density at radius 3 is 2.48 bits per heavy atom. The molecule has 2 aromatic rings. The molecule has 0 saturated carbocycles. The van der Waals surface area contributed by atoms with Crippen molar-refractivity contribution in [1.29, 1.82) is 0 Å². The smallest absolute Gasteiger partial charge is 0.387 e. The molecule has 2 aromatic carbocycles. The van der Waals surface area contributed by atoms with E-state index < -0.39 is 12.4 Å². The van der Waals surface area contributed by atoms with Gasteiger partial charge in [-0.3, -0.25) is 0 Å². The van der Waals surface area contributed by atoms with E-state index in [-0.39, 0.29) is 18.0 Å². The molecule has 0 unspecified atom stereocenters. The van der Waals surface area contributed by atoms with Crippen molar-refractivity contribution >= 4 is 5.69 Å². The second kappa shape index (κ2) is 6.88. The van der Waals surface area contributed by atoms with E-state index in [0.717, 1.165) is 0 Å². The minimum Gasteiger partial charge on any atom is -0.494 e. The van der Waals surface area contributed by atoms with Crippen LogP contribution in [0.1, 0.15) is 5.56 Å². The molecule has 0 radical (unpaired) electrons. The number of benzene rings is 2. The lowest BCUT2D eigenvalue weighted by molar-refractivity contribution is -0.0493. The van der Waals surface area contributed by atoms with Gasteiger partial charge in [-0.1, -0.05) is 24.3 Å². The predicted molar refractivity (Wildman–Crippen MR) is 73.4 cm³/mol. The van der Waals surface area contributed by atoms with Crippen molar-refractivity contribution in [3.05, 3.63) is 53.8 Å². The molecular formula is C15H14F3NO2. The van der Waals surface area contributed by atoms with Crippen LogP contribution in [-0.2, 0) is 6.54 Å². The van der Waals surface area contributed by atoms with Gasteiger partial charge in [-0.05, 0) is 18.2 Å². The summed E-state index contributed by atoms with van der Waals surface area (Å²) in [6, 6.07) is 11.0. The van der Waals surface area contributed by atoms with Crippen LogP contribution in [0.25, 0.3) is 0 Å². The van der Waals surface area contributed by atoms with Gasteiger partial charge in [0, 0.05) is 12.1 Å². The fraction of sp³-hybridized carbons (Fsp3) is 0.200. The third-order valence-electron chi connectivity index (χ3n) is 2.84. The Morgan fingerprint density at radius 2 is 1.76 bits per heavy atom. The molecule has 0 aromatic heterocycles. The monoisotopic (exact) mass is 297 g/mol. The number of methoxy groups -OCH3 is 1. The maximum absolute atomic E-state index is 14.0. The largest absolute Gasteiger partial charge is 0.494 e. The van der Waals surface area contributed by atoms with E-state index >= 15 is 0 Å². The average molecular weight is 297 g/mol. The molecule has 0 amide bonds. The standard InChI is InChI=1S/C15H14F3NO2/c1-20-13-8-4-5-10(14(13)16)9-19-11-6-2-3-7-12(11)21-15(17)18/h2-8,15,19H,9H2,1H3. The lowest BCUT2D eigenvalue weighted by Crippen LogP contribution is -2.07. The van der Waals surface area contributed by atoms with Crippen LogP contribution in [0.4, 0.5) is 18.9 Å². The van der Waals surface area contributed by atoms with Crippen molar-refractivity contribution < 1.29 is 22.6 Å². The van der Waals surface area contributed by atoms with Crippen molar-refractivity contribution in [3.63, 3.8) is 0 Å². The van der Waals surface area contributed by atoms with Gasteiger partial charge < -0.3 is 14.8 Å². The van der Waals surface area contributed by atoms with Gasteiger partial charge in [0.1, 0.15) is 5.75 Å². The summed E-state index contributed by atoms with van der Waals surface area (Å²) >= 11 is 0. The Morgan fingerprint density at radius 1 is 1.05 bits per heavy atom. The number of ether oxygens (including phenoxy) is 2. The average Bonchev–Trinajstić information content (AvgIpc) is 2.47. The predicted octanol–water partition coefficient (Wildman–Crippen LogP) is 4.05. The Balaban J connectivity index is 2.13. The van der Waals surface area contributed by atoms with Crippen LogP contribution >= 0.6 is 0 Å². The van der Waals surface area contributed by atoms with Gasteiger partial charge in [-0.2, -0.15) is 8.78 Å². The third-order valence-corrected chi connectivity index (χ3v) is 2.84. The minimum absolute atomic E-state index is 0.0100. The molecule has 0 aliphatic rings. The van der Waals surface area contributed by atoms with E-state index in [4.69, 9.17) is 4.74 Å². The number of hydrogen-bond donors (Lipinski definition) is 1. The summed E-state index contributed by atoms with van der Waals surface area (Å²) in [6.07, 6.45) is 0. The lowest BCUT2D eigenvalue weighted by atomic mass is 10.2. The zero-order chi connectivity index (χ0) is 15.2. The summed E-state index contributed by atoms with van der Waals surface area (Å²) in [4.78, 5) is 0. The highest BCUT2D eigenvalue weighted by molar-refractivity contribution is 5.56. The van der Waals surface area contributed by atoms with Crippen LogP contribution in [0.15, 0.2) is 42.5 Å². The van der Waals surface area contributed by atoms with Gasteiger partial charge in [0.2, 0.25) is 0 Å². The van der Waals surface area contributed by atoms with Crippen molar-refractivity contribution in [3.8, 4) is 11.5 Å². The first-order valence-corrected chi connectivity index (χ1v) is 6.21. The van der Waals surface area contributed by atoms with Gasteiger partial charge in [0.25, 0.3) is 0 Å². The molecule has 0 atom stereocenters. The highest BCUT2D eigenvalue weighted by Gasteiger charge is 2.11. The van der Waals surface area contributed by atoms with E-state index in [2.05, 4.69) is 10.1 Å². The second-order valence-corrected chi connectivity index (χ2v) is 4.16. The number of anilines is 1. The van der Waals surface area contributed by atoms with E-state index in [1.165, 1.54) is 19.2 Å². The van der Waals surface area contributed by atoms with Crippen LogP contribution in [0.3, 0.4) is 0 Å². The molecular weight excluding hydrogens is 283 g/mol. The summed E-state index contributed by atoms with van der Waals surface area (Å²) in [5, 5.41) is 2.87. The zero-order valence-corrected chi connectivity index (χ0v) is 11.3. The fourth-order valence-electron chi connectivity index (χ4n) is 1.85. The molecule has 112 valence electrons. The van der Waals surface area contributed by atoms with Crippen molar-refractivity contribution in [2.24, 2.45) is 0 Å². The molecule has 0 spiro atoms. The van der Waals surface area contributed by atoms with E-state index in [9.17, 15) is 13.2 Å². The van der Waals surface area contributed by atoms with Crippen LogP contribution < -0.4 is 14.8 Å². The van der Waals surface area contributed by atoms with Crippen molar-refractivity contribution in [2.45, 2.75) is 13.2 Å². The van der Waals surface area contributed by atoms with E-state index in [0.29, 0.717) is 11.3 Å². The first-order valence-electron chi connectivity index (χ1n) is 6.21. The Kier molecular flexibility index (Phi) is 4.92. The first-order chi connectivity index (χ1) is 10.1. The SMILES string of the molecule is COc1cccc(CNc2ccccc2OC(F)F)c1F. The van der Waals surface area contributed by atoms with Gasteiger partial charge in [0.05, 0.1) is 12.8 Å². The quantitative estimate of drug-likeness (QED) is 0.872. The summed E-state index contributed by atoms with van der Waals surface area (Å²) in [6.45, 7) is -2.80. The number of alkyl halides is 2. The number of halogens is 3. The molecule has 2 rings (SSSR count). The molecule has 0 saturated heterocycles. The molecule has 6 heteroatoms. The van der Waals surface area contributed by atoms with Crippen molar-refractivity contribution in [2.75, 3.05) is 12.4 Å². The molecule has 0 heterocycles. The van der Waals surface area contributed by atoms with Gasteiger partial charge in [-0.25, -0.2) is 4.39 Å². The molecule has 0 fully saturated rings. The Bertz CT molecular complexity index is 605. The van der Waals surface area contributed by atoms with Gasteiger partial charge in [0.15, 0.2) is 11.6 Å². The number of para-hydroxylation sites is 2. The van der Waals surface area contributed by atoms with Gasteiger partial charge >= 0.3 is 6.61 Å². The Hall–Kier alpha value is -2.37. The summed E-state index contributed by atoms with van der Waals surface area (Å²) in [5.74, 6) is -0.345. The zero-order valence-electron chi connectivity index (χ0n) is 11.3. The van der Waals surface area contributed by atoms with Crippen LogP contribution in [-0.4, -0.2) is 13.7 Å². The second-order valence-electron chi connectivity index (χ2n) is 4.16. The first kappa shape index (κ1) is 15.0. The summed E-state index contributed by atoms with van der Waals surface area (Å²) < 4.78 is 47.9. The third kappa shape index (κ3) is 3.81. The molecule has 0 bridgehead atoms. The topological polar surface area (TPSA) is 30.5 Å². The maximum atomic E-state index is 14.0. The fourth-order valence-corrected chi connectivity index (χ4v) is 1.85. The summed E-state index contributed by atoms with van der Waals surface area (Å²) in [5.41, 5.74) is 0.723. The lowest BCUT2D eigenvalue weighted by Gasteiger charge is -2.13. The molecule has 0 aliphatic heterocycles. The van der Waals surface area contributed by atoms with E-state index in [1.807, 2.05) is 0 Å². The van der Waals surface area contributed by atoms with Crippen LogP contribution in [0, 0.1) is 5.82 Å².